The first kappa shape index (κ1) is 28.4. The number of anilines is 1. The van der Waals surface area contributed by atoms with Crippen molar-refractivity contribution in [1.29, 1.82) is 5.26 Å². The van der Waals surface area contributed by atoms with Crippen LogP contribution in [-0.4, -0.2) is 51.5 Å². The number of ether oxygens (including phenoxy) is 1. The van der Waals surface area contributed by atoms with E-state index in [1.165, 1.54) is 5.56 Å². The Balaban J connectivity index is 1.33. The van der Waals surface area contributed by atoms with Gasteiger partial charge in [-0.05, 0) is 101 Å². The highest BCUT2D eigenvalue weighted by Gasteiger charge is 2.36. The highest BCUT2D eigenvalue weighted by molar-refractivity contribution is 5.97. The molecule has 2 aliphatic heterocycles. The van der Waals surface area contributed by atoms with Gasteiger partial charge in [-0.3, -0.25) is 4.79 Å². The van der Waals surface area contributed by atoms with Crippen LogP contribution in [-0.2, 0) is 16.0 Å². The lowest BCUT2D eigenvalue weighted by molar-refractivity contribution is -0.157. The summed E-state index contributed by atoms with van der Waals surface area (Å²) in [6.45, 7) is 13.0. The number of carbonyl (C=O) groups excluding carboxylic acids is 2. The number of piperidine rings is 1. The number of hydrogen-bond acceptors (Lipinski definition) is 6. The van der Waals surface area contributed by atoms with Crippen LogP contribution in [0, 0.1) is 31.1 Å². The van der Waals surface area contributed by atoms with Gasteiger partial charge in [0, 0.05) is 24.2 Å². The van der Waals surface area contributed by atoms with E-state index < -0.39 is 11.6 Å². The number of aromatic amines is 1. The molecule has 214 valence electrons. The van der Waals surface area contributed by atoms with Crippen molar-refractivity contribution in [2.24, 2.45) is 5.92 Å². The van der Waals surface area contributed by atoms with E-state index in [2.05, 4.69) is 16.4 Å². The molecule has 0 radical (unpaired) electrons. The summed E-state index contributed by atoms with van der Waals surface area (Å²) in [7, 11) is 0. The molecule has 1 amide bonds. The Morgan fingerprint density at radius 3 is 2.39 bits per heavy atom. The normalized spacial score (nSPS) is 19.2. The molecule has 2 N–H and O–H groups in total. The molecule has 2 atom stereocenters. The Bertz CT molecular complexity index is 1500. The van der Waals surface area contributed by atoms with Gasteiger partial charge in [-0.25, -0.2) is 9.78 Å². The van der Waals surface area contributed by atoms with Crippen molar-refractivity contribution in [3.63, 3.8) is 0 Å². The number of nitriles is 1. The van der Waals surface area contributed by atoms with Crippen LogP contribution in [0.15, 0.2) is 36.4 Å². The van der Waals surface area contributed by atoms with Gasteiger partial charge in [0.05, 0.1) is 17.3 Å². The fraction of sp³-hybridized carbons (Fsp3) is 0.455. The second-order valence-corrected chi connectivity index (χ2v) is 12.5. The summed E-state index contributed by atoms with van der Waals surface area (Å²) in [5, 5.41) is 12.4. The van der Waals surface area contributed by atoms with E-state index in [4.69, 9.17) is 15.0 Å². The molecule has 2 aliphatic rings. The van der Waals surface area contributed by atoms with E-state index in [9.17, 15) is 9.59 Å². The van der Waals surface area contributed by atoms with Crippen molar-refractivity contribution in [1.82, 2.24) is 14.9 Å². The first-order valence-corrected chi connectivity index (χ1v) is 14.4. The predicted octanol–water partition coefficient (Wildman–Crippen LogP) is 5.90. The van der Waals surface area contributed by atoms with Crippen LogP contribution in [0.4, 0.5) is 5.82 Å². The van der Waals surface area contributed by atoms with E-state index in [1.54, 1.807) is 0 Å². The Hall–Kier alpha value is -4.12. The fourth-order valence-corrected chi connectivity index (χ4v) is 5.94. The van der Waals surface area contributed by atoms with E-state index in [1.807, 2.05) is 82.8 Å². The lowest BCUT2D eigenvalue weighted by atomic mass is 9.88. The number of nitrogens with zero attached hydrogens (tertiary/aromatic N) is 3. The van der Waals surface area contributed by atoms with E-state index >= 15 is 0 Å². The number of nitrogens with one attached hydrogen (secondary N) is 2. The van der Waals surface area contributed by atoms with Crippen LogP contribution in [0.25, 0.3) is 11.4 Å². The first-order chi connectivity index (χ1) is 19.4. The predicted molar refractivity (Wildman–Crippen MR) is 159 cm³/mol. The summed E-state index contributed by atoms with van der Waals surface area (Å²) in [5.41, 5.74) is 5.82. The fourth-order valence-electron chi connectivity index (χ4n) is 5.94. The molecular weight excluding hydrogens is 514 g/mol. The van der Waals surface area contributed by atoms with Crippen LogP contribution in [0.5, 0.6) is 0 Å². The number of H-pyrrole nitrogens is 1. The quantitative estimate of drug-likeness (QED) is 0.389. The molecule has 41 heavy (non-hydrogen) atoms. The lowest BCUT2D eigenvalue weighted by Crippen LogP contribution is -2.43. The minimum atomic E-state index is -0.559. The lowest BCUT2D eigenvalue weighted by Gasteiger charge is -2.32. The van der Waals surface area contributed by atoms with Gasteiger partial charge in [0.25, 0.3) is 5.91 Å². The minimum Gasteiger partial charge on any atom is -0.458 e. The molecule has 5 rings (SSSR count). The summed E-state index contributed by atoms with van der Waals surface area (Å²) < 4.78 is 5.63. The van der Waals surface area contributed by atoms with Gasteiger partial charge in [0.2, 0.25) is 0 Å². The van der Waals surface area contributed by atoms with Gasteiger partial charge in [-0.15, -0.1) is 0 Å². The molecule has 1 fully saturated rings. The molecule has 8 heteroatoms. The molecule has 3 heterocycles. The summed E-state index contributed by atoms with van der Waals surface area (Å²) in [5.74, 6) is 1.53. The Kier molecular flexibility index (Phi) is 7.65. The van der Waals surface area contributed by atoms with Gasteiger partial charge < -0.3 is 19.9 Å². The zero-order valence-electron chi connectivity index (χ0n) is 24.8. The summed E-state index contributed by atoms with van der Waals surface area (Å²) >= 11 is 0. The monoisotopic (exact) mass is 553 g/mol. The van der Waals surface area contributed by atoms with Crippen molar-refractivity contribution in [2.45, 2.75) is 78.4 Å². The van der Waals surface area contributed by atoms with Gasteiger partial charge in [-0.2, -0.15) is 5.26 Å². The number of amides is 1. The molecule has 3 aromatic rings. The number of fused-ring (bicyclic) bond motifs is 1. The average Bonchev–Trinajstić information content (AvgIpc) is 3.34. The highest BCUT2D eigenvalue weighted by atomic mass is 16.6. The molecule has 0 spiro atoms. The molecular formula is C33H39N5O3. The zero-order chi connectivity index (χ0) is 29.5. The van der Waals surface area contributed by atoms with Crippen molar-refractivity contribution in [2.75, 3.05) is 18.4 Å². The van der Waals surface area contributed by atoms with Gasteiger partial charge in [-0.1, -0.05) is 25.1 Å². The highest BCUT2D eigenvalue weighted by Crippen LogP contribution is 2.34. The summed E-state index contributed by atoms with van der Waals surface area (Å²) in [6.07, 6.45) is 2.45. The first-order valence-electron chi connectivity index (χ1n) is 14.4. The third-order valence-electron chi connectivity index (χ3n) is 8.18. The molecule has 2 aromatic carbocycles. The Labute approximate surface area is 242 Å². The number of carbonyl (C=O) groups is 2. The second-order valence-electron chi connectivity index (χ2n) is 12.5. The van der Waals surface area contributed by atoms with Crippen LogP contribution < -0.4 is 5.32 Å². The molecule has 0 bridgehead atoms. The minimum absolute atomic E-state index is 0.0362. The molecule has 1 saturated heterocycles. The zero-order valence-corrected chi connectivity index (χ0v) is 24.8. The molecule has 2 unspecified atom stereocenters. The number of aryl methyl sites for hydroxylation is 2. The maximum atomic E-state index is 13.7. The van der Waals surface area contributed by atoms with Crippen LogP contribution >= 0.6 is 0 Å². The van der Waals surface area contributed by atoms with E-state index in [-0.39, 0.29) is 17.8 Å². The largest absolute Gasteiger partial charge is 0.458 e. The summed E-state index contributed by atoms with van der Waals surface area (Å²) in [6, 6.07) is 13.5. The number of rotatable bonds is 4. The number of esters is 1. The maximum Gasteiger partial charge on any atom is 0.329 e. The Morgan fingerprint density at radius 2 is 1.76 bits per heavy atom. The van der Waals surface area contributed by atoms with Crippen LogP contribution in [0.3, 0.4) is 0 Å². The van der Waals surface area contributed by atoms with E-state index in [0.29, 0.717) is 48.2 Å². The van der Waals surface area contributed by atoms with Crippen molar-refractivity contribution < 1.29 is 14.3 Å². The van der Waals surface area contributed by atoms with Crippen LogP contribution in [0.2, 0.25) is 0 Å². The summed E-state index contributed by atoms with van der Waals surface area (Å²) in [4.78, 5) is 36.8. The third-order valence-corrected chi connectivity index (χ3v) is 8.18. The SMILES string of the molecule is Cc1cc(C)c(-c2nc3c([nH]2)CC(C)C(C(=O)OC(C)(C)C)N3)cc1C(=O)N1CCC(c2ccc(C#N)cc2)CC1. The van der Waals surface area contributed by atoms with Crippen molar-refractivity contribution in [3.8, 4) is 17.5 Å². The number of imidazole rings is 1. The van der Waals surface area contributed by atoms with Gasteiger partial charge in [0.15, 0.2) is 0 Å². The van der Waals surface area contributed by atoms with Crippen molar-refractivity contribution in [3.05, 3.63) is 69.9 Å². The standard InChI is InChI=1S/C33H39N5O3/c1-19-15-20(2)26(31(39)38-13-11-24(12-14-38)23-9-7-22(18-34)8-10-23)17-25(19)29-35-27-16-21(3)28(36-30(27)37-29)32(40)41-33(4,5)6/h7-10,15,17,21,24,28,36H,11-14,16H2,1-6H3,(H,35,37). The average molecular weight is 554 g/mol. The number of aromatic nitrogens is 2. The maximum absolute atomic E-state index is 13.7. The van der Waals surface area contributed by atoms with E-state index in [0.717, 1.165) is 35.2 Å². The van der Waals surface area contributed by atoms with Gasteiger partial charge >= 0.3 is 5.97 Å². The Morgan fingerprint density at radius 1 is 1.07 bits per heavy atom. The van der Waals surface area contributed by atoms with Crippen molar-refractivity contribution >= 4 is 17.7 Å². The topological polar surface area (TPSA) is 111 Å². The second kappa shape index (κ2) is 11.0. The molecule has 0 saturated carbocycles. The molecule has 0 aliphatic carbocycles. The smallest absolute Gasteiger partial charge is 0.329 e. The number of hydrogen-bond donors (Lipinski definition) is 2. The van der Waals surface area contributed by atoms with Gasteiger partial charge in [0.1, 0.15) is 23.3 Å². The molecule has 8 nitrogen and oxygen atoms in total. The third kappa shape index (κ3) is 6.00. The van der Waals surface area contributed by atoms with Crippen LogP contribution in [0.1, 0.15) is 84.8 Å². The number of benzene rings is 2. The molecule has 1 aromatic heterocycles. The number of likely N-dealkylation sites (tertiary alicyclic amines) is 1.